The van der Waals surface area contributed by atoms with Gasteiger partial charge in [-0.1, -0.05) is 0 Å². The molecule has 0 bridgehead atoms. The quantitative estimate of drug-likeness (QED) is 0.933. The minimum absolute atomic E-state index is 0.0959. The Morgan fingerprint density at radius 3 is 2.71 bits per heavy atom. The maximum absolute atomic E-state index is 12.4. The average Bonchev–Trinajstić information content (AvgIpc) is 2.88. The van der Waals surface area contributed by atoms with Crippen molar-refractivity contribution in [1.29, 1.82) is 0 Å². The highest BCUT2D eigenvalue weighted by Gasteiger charge is 2.32. The zero-order valence-corrected chi connectivity index (χ0v) is 13.3. The Bertz CT molecular complexity index is 732. The molecule has 0 aliphatic carbocycles. The lowest BCUT2D eigenvalue weighted by Crippen LogP contribution is -2.47. The van der Waals surface area contributed by atoms with Gasteiger partial charge < -0.3 is 9.88 Å². The van der Waals surface area contributed by atoms with Crippen LogP contribution >= 0.6 is 0 Å². The Morgan fingerprint density at radius 2 is 2.04 bits per heavy atom. The number of carbonyl (C=O) groups excluding carboxylic acids is 1. The van der Waals surface area contributed by atoms with Crippen molar-refractivity contribution in [1.82, 2.24) is 19.8 Å². The number of hydrogen-bond donors (Lipinski definition) is 1. The molecule has 1 aliphatic rings. The molecule has 1 N–H and O–H groups in total. The zero-order chi connectivity index (χ0) is 17.3. The predicted octanol–water partition coefficient (Wildman–Crippen LogP) is 2.33. The summed E-state index contributed by atoms with van der Waals surface area (Å²) >= 11 is 0. The highest BCUT2D eigenvalue weighted by Crippen LogP contribution is 2.20. The number of fused-ring (bicyclic) bond motifs is 1. The van der Waals surface area contributed by atoms with Crippen LogP contribution in [0, 0.1) is 0 Å². The second kappa shape index (κ2) is 6.43. The molecule has 2 heterocycles. The second-order valence-electron chi connectivity index (χ2n) is 6.20. The van der Waals surface area contributed by atoms with E-state index in [1.54, 1.807) is 18.5 Å². The smallest absolute Gasteiger partial charge is 0.349 e. The summed E-state index contributed by atoms with van der Waals surface area (Å²) in [5.74, 6) is -0.211. The summed E-state index contributed by atoms with van der Waals surface area (Å²) in [6.45, 7) is -0.211. The van der Waals surface area contributed by atoms with Gasteiger partial charge in [-0.2, -0.15) is 13.2 Å². The molecule has 1 fully saturated rings. The highest BCUT2D eigenvalue weighted by atomic mass is 19.4. The molecule has 24 heavy (non-hydrogen) atoms. The molecule has 1 amide bonds. The Balaban J connectivity index is 1.57. The van der Waals surface area contributed by atoms with Crippen molar-refractivity contribution < 1.29 is 18.0 Å². The van der Waals surface area contributed by atoms with Gasteiger partial charge in [-0.25, -0.2) is 4.98 Å². The van der Waals surface area contributed by atoms with E-state index in [2.05, 4.69) is 10.3 Å². The summed E-state index contributed by atoms with van der Waals surface area (Å²) in [6, 6.07) is 5.20. The molecule has 0 saturated carbocycles. The third kappa shape index (κ3) is 3.87. The van der Waals surface area contributed by atoms with Crippen LogP contribution in [0.25, 0.3) is 11.0 Å². The molecule has 5 nitrogen and oxygen atoms in total. The van der Waals surface area contributed by atoms with Gasteiger partial charge in [0.05, 0.1) is 23.9 Å². The SMILES string of the molecule is Cn1cnc2cc(C(=O)NC3CCN(CC(F)(F)F)CC3)ccc21. The molecular formula is C16H19F3N4O. The normalized spacial score (nSPS) is 17.3. The van der Waals surface area contributed by atoms with Crippen LogP contribution in [0.15, 0.2) is 24.5 Å². The van der Waals surface area contributed by atoms with Gasteiger partial charge in [0.15, 0.2) is 0 Å². The first-order valence-electron chi connectivity index (χ1n) is 7.83. The number of aromatic nitrogens is 2. The molecule has 3 rings (SSSR count). The van der Waals surface area contributed by atoms with E-state index in [1.165, 1.54) is 4.90 Å². The fourth-order valence-corrected chi connectivity index (χ4v) is 3.04. The lowest BCUT2D eigenvalue weighted by molar-refractivity contribution is -0.148. The van der Waals surface area contributed by atoms with Crippen molar-refractivity contribution in [3.63, 3.8) is 0 Å². The number of aryl methyl sites for hydroxylation is 1. The van der Waals surface area contributed by atoms with E-state index >= 15 is 0 Å². The number of carbonyl (C=O) groups is 1. The zero-order valence-electron chi connectivity index (χ0n) is 13.3. The highest BCUT2D eigenvalue weighted by molar-refractivity contribution is 5.97. The lowest BCUT2D eigenvalue weighted by Gasteiger charge is -2.32. The van der Waals surface area contributed by atoms with Crippen molar-refractivity contribution in [3.8, 4) is 0 Å². The van der Waals surface area contributed by atoms with Crippen LogP contribution in [0.1, 0.15) is 23.2 Å². The number of nitrogens with one attached hydrogen (secondary N) is 1. The summed E-state index contributed by atoms with van der Waals surface area (Å²) in [6.07, 6.45) is -1.45. The van der Waals surface area contributed by atoms with Crippen molar-refractivity contribution >= 4 is 16.9 Å². The molecular weight excluding hydrogens is 321 g/mol. The summed E-state index contributed by atoms with van der Waals surface area (Å²) in [5, 5.41) is 2.91. The summed E-state index contributed by atoms with van der Waals surface area (Å²) in [4.78, 5) is 17.9. The van der Waals surface area contributed by atoms with Crippen LogP contribution in [-0.2, 0) is 7.05 Å². The van der Waals surface area contributed by atoms with Gasteiger partial charge in [-0.3, -0.25) is 9.69 Å². The monoisotopic (exact) mass is 340 g/mol. The molecule has 0 unspecified atom stereocenters. The second-order valence-corrected chi connectivity index (χ2v) is 6.20. The van der Waals surface area contributed by atoms with E-state index < -0.39 is 12.7 Å². The largest absolute Gasteiger partial charge is 0.401 e. The van der Waals surface area contributed by atoms with Gasteiger partial charge >= 0.3 is 6.18 Å². The number of piperidine rings is 1. The van der Waals surface area contributed by atoms with Crippen LogP contribution in [0.3, 0.4) is 0 Å². The predicted molar refractivity (Wildman–Crippen MR) is 83.7 cm³/mol. The first kappa shape index (κ1) is 16.8. The van der Waals surface area contributed by atoms with E-state index in [4.69, 9.17) is 0 Å². The lowest BCUT2D eigenvalue weighted by atomic mass is 10.0. The molecule has 8 heteroatoms. The maximum Gasteiger partial charge on any atom is 0.401 e. The number of amides is 1. The van der Waals surface area contributed by atoms with Crippen LogP contribution < -0.4 is 5.32 Å². The fourth-order valence-electron chi connectivity index (χ4n) is 3.04. The van der Waals surface area contributed by atoms with Gasteiger partial charge in [0.2, 0.25) is 0 Å². The maximum atomic E-state index is 12.4. The van der Waals surface area contributed by atoms with E-state index in [9.17, 15) is 18.0 Å². The van der Waals surface area contributed by atoms with Gasteiger partial charge in [0.25, 0.3) is 5.91 Å². The van der Waals surface area contributed by atoms with Crippen molar-refractivity contribution in [2.75, 3.05) is 19.6 Å². The molecule has 0 spiro atoms. The van der Waals surface area contributed by atoms with Crippen molar-refractivity contribution in [2.45, 2.75) is 25.1 Å². The third-order valence-electron chi connectivity index (χ3n) is 4.31. The fraction of sp³-hybridized carbons (Fsp3) is 0.500. The minimum Gasteiger partial charge on any atom is -0.349 e. The molecule has 0 radical (unpaired) electrons. The number of imidazole rings is 1. The Labute approximate surface area is 137 Å². The number of hydrogen-bond acceptors (Lipinski definition) is 3. The number of rotatable bonds is 3. The summed E-state index contributed by atoms with van der Waals surface area (Å²) < 4.78 is 39.0. The average molecular weight is 340 g/mol. The Hall–Kier alpha value is -2.09. The van der Waals surface area contributed by atoms with E-state index in [1.807, 2.05) is 17.7 Å². The van der Waals surface area contributed by atoms with Crippen molar-refractivity contribution in [3.05, 3.63) is 30.1 Å². The van der Waals surface area contributed by atoms with Gasteiger partial charge in [0.1, 0.15) is 0 Å². The first-order chi connectivity index (χ1) is 11.3. The summed E-state index contributed by atoms with van der Waals surface area (Å²) in [5.41, 5.74) is 2.19. The van der Waals surface area contributed by atoms with E-state index in [0.29, 0.717) is 31.5 Å². The Kier molecular flexibility index (Phi) is 4.49. The first-order valence-corrected chi connectivity index (χ1v) is 7.83. The van der Waals surface area contributed by atoms with E-state index in [0.717, 1.165) is 11.0 Å². The van der Waals surface area contributed by atoms with Gasteiger partial charge in [-0.15, -0.1) is 0 Å². The number of benzene rings is 1. The molecule has 1 saturated heterocycles. The van der Waals surface area contributed by atoms with Crippen LogP contribution in [0.2, 0.25) is 0 Å². The van der Waals surface area contributed by atoms with Crippen molar-refractivity contribution in [2.24, 2.45) is 7.05 Å². The molecule has 0 atom stereocenters. The molecule has 2 aromatic rings. The van der Waals surface area contributed by atoms with Crippen LogP contribution in [-0.4, -0.2) is 52.2 Å². The van der Waals surface area contributed by atoms with Crippen LogP contribution in [0.4, 0.5) is 13.2 Å². The molecule has 1 aromatic carbocycles. The summed E-state index contributed by atoms with van der Waals surface area (Å²) in [7, 11) is 1.88. The minimum atomic E-state index is -4.17. The van der Waals surface area contributed by atoms with Crippen LogP contribution in [0.5, 0.6) is 0 Å². The number of alkyl halides is 3. The Morgan fingerprint density at radius 1 is 1.33 bits per heavy atom. The number of halogens is 3. The van der Waals surface area contributed by atoms with Gasteiger partial charge in [0, 0.05) is 31.7 Å². The van der Waals surface area contributed by atoms with E-state index in [-0.39, 0.29) is 11.9 Å². The standard InChI is InChI=1S/C16H19F3N4O/c1-22-10-20-13-8-11(2-3-14(13)22)15(24)21-12-4-6-23(7-5-12)9-16(17,18)19/h2-3,8,10,12H,4-7,9H2,1H3,(H,21,24). The molecule has 1 aromatic heterocycles. The third-order valence-corrected chi connectivity index (χ3v) is 4.31. The number of nitrogens with zero attached hydrogens (tertiary/aromatic N) is 3. The molecule has 1 aliphatic heterocycles. The molecule has 130 valence electrons. The van der Waals surface area contributed by atoms with Gasteiger partial charge in [-0.05, 0) is 31.0 Å². The topological polar surface area (TPSA) is 50.2 Å². The number of likely N-dealkylation sites (tertiary alicyclic amines) is 1.